The molecule has 0 aliphatic carbocycles. The maximum atomic E-state index is 13.4. The first-order valence-corrected chi connectivity index (χ1v) is 10.3. The van der Waals surface area contributed by atoms with Gasteiger partial charge >= 0.3 is 0 Å². The van der Waals surface area contributed by atoms with Gasteiger partial charge < -0.3 is 14.9 Å². The largest absolute Gasteiger partial charge is 0.491 e. The fraction of sp³-hybridized carbons (Fsp3) is 0.318. The molecule has 142 valence electrons. The number of hydrogen-bond acceptors (Lipinski definition) is 4. The summed E-state index contributed by atoms with van der Waals surface area (Å²) in [5.74, 6) is 1.57. The van der Waals surface area contributed by atoms with Crippen molar-refractivity contribution in [1.29, 1.82) is 0 Å². The molecule has 0 fully saturated rings. The number of hydrogen-bond donors (Lipinski definition) is 1. The topological polar surface area (TPSA) is 65.5 Å². The first-order valence-electron chi connectivity index (χ1n) is 9.25. The number of ketones is 1. The molecule has 0 saturated carbocycles. The van der Waals surface area contributed by atoms with E-state index < -0.39 is 0 Å². The van der Waals surface area contributed by atoms with E-state index in [1.165, 1.54) is 0 Å². The maximum Gasteiger partial charge on any atom is 0.197 e. The Hall–Kier alpha value is -1.86. The highest BCUT2D eigenvalue weighted by atomic mass is 127. The molecule has 0 atom stereocenters. The number of unbranched alkanes of at least 4 members (excludes halogenated alkanes) is 1. The van der Waals surface area contributed by atoms with Gasteiger partial charge in [0.05, 0.1) is 9.13 Å². The molecule has 0 radical (unpaired) electrons. The molecule has 0 aliphatic heterocycles. The Labute approximate surface area is 173 Å². The Morgan fingerprint density at radius 3 is 2.74 bits per heavy atom. The summed E-state index contributed by atoms with van der Waals surface area (Å²) in [7, 11) is 0. The van der Waals surface area contributed by atoms with Crippen molar-refractivity contribution in [2.45, 2.75) is 33.1 Å². The zero-order valence-corrected chi connectivity index (χ0v) is 17.8. The highest BCUT2D eigenvalue weighted by Crippen LogP contribution is 2.32. The van der Waals surface area contributed by atoms with Crippen LogP contribution in [0.15, 0.2) is 40.8 Å². The predicted molar refractivity (Wildman–Crippen MR) is 117 cm³/mol. The smallest absolute Gasteiger partial charge is 0.197 e. The van der Waals surface area contributed by atoms with Crippen LogP contribution in [0.3, 0.4) is 0 Å². The third kappa shape index (κ3) is 4.19. The molecule has 3 rings (SSSR count). The van der Waals surface area contributed by atoms with E-state index >= 15 is 0 Å². The Morgan fingerprint density at radius 2 is 2.04 bits per heavy atom. The van der Waals surface area contributed by atoms with Crippen molar-refractivity contribution in [2.75, 3.05) is 13.2 Å². The number of ether oxygens (including phenoxy) is 1. The number of carbonyl (C=O) groups is 1. The molecule has 3 aromatic rings. The second-order valence-corrected chi connectivity index (χ2v) is 7.73. The number of aryl methyl sites for hydroxylation is 2. The first kappa shape index (κ1) is 19.9. The van der Waals surface area contributed by atoms with E-state index in [2.05, 4.69) is 29.5 Å². The SMILES string of the molecule is CCCCc1oc2ccccc2c1C(=O)c1cc(C)c(OCCN)c(I)c1. The van der Waals surface area contributed by atoms with Crippen molar-refractivity contribution < 1.29 is 13.9 Å². The van der Waals surface area contributed by atoms with E-state index in [0.29, 0.717) is 24.3 Å². The van der Waals surface area contributed by atoms with Crippen molar-refractivity contribution in [3.8, 4) is 5.75 Å². The summed E-state index contributed by atoms with van der Waals surface area (Å²) in [5, 5.41) is 0.879. The minimum Gasteiger partial charge on any atom is -0.491 e. The summed E-state index contributed by atoms with van der Waals surface area (Å²) in [6.07, 6.45) is 2.80. The quantitative estimate of drug-likeness (QED) is 0.355. The normalized spacial score (nSPS) is 11.1. The average Bonchev–Trinajstić information content (AvgIpc) is 3.03. The average molecular weight is 477 g/mol. The fourth-order valence-electron chi connectivity index (χ4n) is 3.21. The fourth-order valence-corrected chi connectivity index (χ4v) is 4.13. The second kappa shape index (κ2) is 8.89. The lowest BCUT2D eigenvalue weighted by Crippen LogP contribution is -2.12. The molecular weight excluding hydrogens is 453 g/mol. The van der Waals surface area contributed by atoms with E-state index in [4.69, 9.17) is 14.9 Å². The van der Waals surface area contributed by atoms with Gasteiger partial charge in [0, 0.05) is 23.9 Å². The van der Waals surface area contributed by atoms with Crippen LogP contribution in [0.2, 0.25) is 0 Å². The Balaban J connectivity index is 2.05. The molecule has 0 bridgehead atoms. The summed E-state index contributed by atoms with van der Waals surface area (Å²) in [6, 6.07) is 11.5. The highest BCUT2D eigenvalue weighted by molar-refractivity contribution is 14.1. The van der Waals surface area contributed by atoms with Gasteiger partial charge in [-0.15, -0.1) is 0 Å². The molecule has 0 amide bonds. The van der Waals surface area contributed by atoms with Gasteiger partial charge in [-0.05, 0) is 59.7 Å². The number of nitrogens with two attached hydrogens (primary N) is 1. The van der Waals surface area contributed by atoms with Gasteiger partial charge in [0.1, 0.15) is 23.7 Å². The third-order valence-corrected chi connectivity index (χ3v) is 5.31. The minimum atomic E-state index is -0.00237. The molecule has 0 unspecified atom stereocenters. The summed E-state index contributed by atoms with van der Waals surface area (Å²) in [5.41, 5.74) is 8.57. The van der Waals surface area contributed by atoms with Crippen molar-refractivity contribution in [2.24, 2.45) is 5.73 Å². The lowest BCUT2D eigenvalue weighted by Gasteiger charge is -2.12. The van der Waals surface area contributed by atoms with Crippen molar-refractivity contribution in [3.05, 3.63) is 62.4 Å². The molecule has 0 aliphatic rings. The van der Waals surface area contributed by atoms with E-state index in [-0.39, 0.29) is 5.78 Å². The molecule has 1 heterocycles. The van der Waals surface area contributed by atoms with Crippen molar-refractivity contribution in [1.82, 2.24) is 0 Å². The molecule has 2 aromatic carbocycles. The molecule has 1 aromatic heterocycles. The number of halogens is 1. The standard InChI is InChI=1S/C22H24INO3/c1-3-4-8-19-20(16-7-5-6-9-18(16)27-19)21(25)15-12-14(2)22(17(23)13-15)26-11-10-24/h5-7,9,12-13H,3-4,8,10-11,24H2,1-2H3. The summed E-state index contributed by atoms with van der Waals surface area (Å²) in [4.78, 5) is 13.4. The summed E-state index contributed by atoms with van der Waals surface area (Å²) >= 11 is 2.21. The number of furan rings is 1. The molecular formula is C22H24INO3. The Bertz CT molecular complexity index is 938. The highest BCUT2D eigenvalue weighted by Gasteiger charge is 2.23. The number of carbonyl (C=O) groups excluding carboxylic acids is 1. The van der Waals surface area contributed by atoms with Crippen LogP contribution < -0.4 is 10.5 Å². The summed E-state index contributed by atoms with van der Waals surface area (Å²) < 4.78 is 12.7. The molecule has 4 nitrogen and oxygen atoms in total. The van der Waals surface area contributed by atoms with Crippen LogP contribution in [0.5, 0.6) is 5.75 Å². The lowest BCUT2D eigenvalue weighted by atomic mass is 9.97. The van der Waals surface area contributed by atoms with Crippen molar-refractivity contribution >= 4 is 39.3 Å². The van der Waals surface area contributed by atoms with Gasteiger partial charge in [0.2, 0.25) is 0 Å². The Kier molecular flexibility index (Phi) is 6.55. The van der Waals surface area contributed by atoms with Crippen molar-refractivity contribution in [3.63, 3.8) is 0 Å². The predicted octanol–water partition coefficient (Wildman–Crippen LogP) is 5.26. The van der Waals surface area contributed by atoms with E-state index in [0.717, 1.165) is 50.9 Å². The number of rotatable bonds is 8. The van der Waals surface area contributed by atoms with Crippen LogP contribution in [-0.4, -0.2) is 18.9 Å². The van der Waals surface area contributed by atoms with E-state index in [1.807, 2.05) is 43.3 Å². The maximum absolute atomic E-state index is 13.4. The Morgan fingerprint density at radius 1 is 1.26 bits per heavy atom. The van der Waals surface area contributed by atoms with E-state index in [1.54, 1.807) is 0 Å². The van der Waals surface area contributed by atoms with Gasteiger partial charge in [-0.2, -0.15) is 0 Å². The third-order valence-electron chi connectivity index (χ3n) is 4.51. The molecule has 0 spiro atoms. The van der Waals surface area contributed by atoms with Gasteiger partial charge in [-0.25, -0.2) is 0 Å². The van der Waals surface area contributed by atoms with Crippen LogP contribution in [0.25, 0.3) is 11.0 Å². The van der Waals surface area contributed by atoms with Crippen LogP contribution in [0.1, 0.15) is 47.0 Å². The van der Waals surface area contributed by atoms with Crippen LogP contribution in [0.4, 0.5) is 0 Å². The number of benzene rings is 2. The van der Waals surface area contributed by atoms with Crippen LogP contribution in [0, 0.1) is 10.5 Å². The zero-order valence-electron chi connectivity index (χ0n) is 15.7. The summed E-state index contributed by atoms with van der Waals surface area (Å²) in [6.45, 7) is 5.00. The molecule has 2 N–H and O–H groups in total. The number of para-hydroxylation sites is 1. The monoisotopic (exact) mass is 477 g/mol. The first-order chi connectivity index (χ1) is 13.1. The number of fused-ring (bicyclic) bond motifs is 1. The minimum absolute atomic E-state index is 0.00237. The van der Waals surface area contributed by atoms with Crippen LogP contribution in [-0.2, 0) is 6.42 Å². The van der Waals surface area contributed by atoms with Gasteiger partial charge in [-0.1, -0.05) is 31.5 Å². The van der Waals surface area contributed by atoms with Gasteiger partial charge in [-0.3, -0.25) is 4.79 Å². The second-order valence-electron chi connectivity index (χ2n) is 6.57. The van der Waals surface area contributed by atoms with Crippen LogP contribution >= 0.6 is 22.6 Å². The van der Waals surface area contributed by atoms with Gasteiger partial charge in [0.25, 0.3) is 0 Å². The van der Waals surface area contributed by atoms with E-state index in [9.17, 15) is 4.79 Å². The van der Waals surface area contributed by atoms with Gasteiger partial charge in [0.15, 0.2) is 5.78 Å². The molecule has 0 saturated heterocycles. The lowest BCUT2D eigenvalue weighted by molar-refractivity contribution is 0.103. The zero-order chi connectivity index (χ0) is 19.4. The molecule has 5 heteroatoms. The molecule has 27 heavy (non-hydrogen) atoms.